The Bertz CT molecular complexity index is 693. The van der Waals surface area contributed by atoms with Gasteiger partial charge in [0.05, 0.1) is 5.02 Å². The van der Waals surface area contributed by atoms with Gasteiger partial charge in [0.1, 0.15) is 17.7 Å². The maximum Gasteiger partial charge on any atom is 0.131 e. The van der Waals surface area contributed by atoms with Gasteiger partial charge in [0, 0.05) is 22.7 Å². The van der Waals surface area contributed by atoms with Crippen molar-refractivity contribution in [3.63, 3.8) is 0 Å². The van der Waals surface area contributed by atoms with Crippen LogP contribution in [0.5, 0.6) is 5.75 Å². The Morgan fingerprint density at radius 1 is 1.18 bits per heavy atom. The van der Waals surface area contributed by atoms with E-state index in [0.29, 0.717) is 33.5 Å². The molecule has 2 nitrogen and oxygen atoms in total. The third-order valence-electron chi connectivity index (χ3n) is 3.63. The van der Waals surface area contributed by atoms with Gasteiger partial charge in [0.25, 0.3) is 0 Å². The lowest BCUT2D eigenvalue weighted by Crippen LogP contribution is -2.30. The molecule has 0 aromatic heterocycles. The Balaban J connectivity index is 0.00000176. The average molecular weight is 363 g/mol. The first-order valence-electron chi connectivity index (χ1n) is 6.73. The molecule has 1 aliphatic heterocycles. The van der Waals surface area contributed by atoms with Crippen LogP contribution in [0, 0.1) is 5.82 Å². The van der Waals surface area contributed by atoms with Crippen LogP contribution < -0.4 is 10.5 Å². The van der Waals surface area contributed by atoms with Crippen molar-refractivity contribution in [1.82, 2.24) is 0 Å². The van der Waals surface area contributed by atoms with Crippen LogP contribution in [-0.4, -0.2) is 12.6 Å². The second kappa shape index (κ2) is 7.05. The van der Waals surface area contributed by atoms with E-state index < -0.39 is 0 Å². The number of benzene rings is 2. The summed E-state index contributed by atoms with van der Waals surface area (Å²) in [4.78, 5) is 0. The highest BCUT2D eigenvalue weighted by Gasteiger charge is 2.24. The van der Waals surface area contributed by atoms with Gasteiger partial charge in [-0.05, 0) is 42.7 Å². The molecular weight excluding hydrogens is 348 g/mol. The number of aryl methyl sites for hydroxylation is 1. The van der Waals surface area contributed by atoms with Crippen molar-refractivity contribution >= 4 is 35.6 Å². The summed E-state index contributed by atoms with van der Waals surface area (Å²) >= 11 is 12.2. The van der Waals surface area contributed by atoms with Gasteiger partial charge < -0.3 is 10.5 Å². The molecule has 0 radical (unpaired) electrons. The number of rotatable bonds is 2. The fourth-order valence-corrected chi connectivity index (χ4v) is 3.10. The lowest BCUT2D eigenvalue weighted by atomic mass is 9.95. The second-order valence-electron chi connectivity index (χ2n) is 5.08. The Morgan fingerprint density at radius 2 is 1.95 bits per heavy atom. The molecule has 2 N–H and O–H groups in total. The van der Waals surface area contributed by atoms with Crippen molar-refractivity contribution in [2.75, 3.05) is 6.54 Å². The largest absolute Gasteiger partial charge is 0.488 e. The number of hydrogen-bond donors (Lipinski definition) is 1. The number of ether oxygens (including phenoxy) is 1. The van der Waals surface area contributed by atoms with E-state index in [1.165, 1.54) is 12.1 Å². The van der Waals surface area contributed by atoms with Gasteiger partial charge in [0.15, 0.2) is 0 Å². The molecule has 0 spiro atoms. The molecule has 0 unspecified atom stereocenters. The van der Waals surface area contributed by atoms with Gasteiger partial charge in [-0.25, -0.2) is 4.39 Å². The first kappa shape index (κ1) is 17.4. The fourth-order valence-electron chi connectivity index (χ4n) is 2.59. The van der Waals surface area contributed by atoms with E-state index in [-0.39, 0.29) is 24.3 Å². The summed E-state index contributed by atoms with van der Waals surface area (Å²) in [5.41, 5.74) is 7.88. The molecule has 3 rings (SSSR count). The quantitative estimate of drug-likeness (QED) is 0.827. The lowest BCUT2D eigenvalue weighted by Gasteiger charge is -2.27. The zero-order chi connectivity index (χ0) is 15.0. The smallest absolute Gasteiger partial charge is 0.131 e. The molecule has 118 valence electrons. The normalized spacial score (nSPS) is 16.5. The van der Waals surface area contributed by atoms with Gasteiger partial charge >= 0.3 is 0 Å². The summed E-state index contributed by atoms with van der Waals surface area (Å²) in [7, 11) is 0. The maximum atomic E-state index is 13.9. The minimum absolute atomic E-state index is 0. The summed E-state index contributed by atoms with van der Waals surface area (Å²) in [6.07, 6.45) is 1.49. The third-order valence-corrected chi connectivity index (χ3v) is 4.18. The van der Waals surface area contributed by atoms with Crippen LogP contribution in [0.3, 0.4) is 0 Å². The monoisotopic (exact) mass is 361 g/mol. The van der Waals surface area contributed by atoms with Gasteiger partial charge in [-0.2, -0.15) is 0 Å². The Labute approximate surface area is 144 Å². The molecule has 22 heavy (non-hydrogen) atoms. The molecule has 0 bridgehead atoms. The molecule has 1 atom stereocenters. The van der Waals surface area contributed by atoms with Gasteiger partial charge in [0.2, 0.25) is 0 Å². The standard InChI is InChI=1S/C16H14Cl2FNO.ClH/c17-10-2-4-13(15(18)6-10)14-7-11(19)5-9-1-3-12(8-20)21-16(9)14;/h2,4-7,12H,1,3,8,20H2;1H/t12-;/m0./s1. The molecular formula is C16H15Cl3FNO. The second-order valence-corrected chi connectivity index (χ2v) is 5.92. The minimum Gasteiger partial charge on any atom is -0.488 e. The minimum atomic E-state index is -0.301. The zero-order valence-corrected chi connectivity index (χ0v) is 13.9. The summed E-state index contributed by atoms with van der Waals surface area (Å²) in [5.74, 6) is 0.367. The highest BCUT2D eigenvalue weighted by Crippen LogP contribution is 2.41. The Kier molecular flexibility index (Phi) is 5.56. The van der Waals surface area contributed by atoms with Crippen LogP contribution in [0.1, 0.15) is 12.0 Å². The number of fused-ring (bicyclic) bond motifs is 1. The lowest BCUT2D eigenvalue weighted by molar-refractivity contribution is 0.182. The van der Waals surface area contributed by atoms with Crippen molar-refractivity contribution in [3.05, 3.63) is 51.8 Å². The van der Waals surface area contributed by atoms with Gasteiger partial charge in [-0.15, -0.1) is 12.4 Å². The van der Waals surface area contributed by atoms with Crippen LogP contribution >= 0.6 is 35.6 Å². The number of nitrogens with two attached hydrogens (primary N) is 1. The van der Waals surface area contributed by atoms with E-state index in [1.807, 2.05) is 0 Å². The van der Waals surface area contributed by atoms with Crippen LogP contribution in [-0.2, 0) is 6.42 Å². The maximum absolute atomic E-state index is 13.9. The van der Waals surface area contributed by atoms with Crippen LogP contribution in [0.2, 0.25) is 10.0 Å². The van der Waals surface area contributed by atoms with E-state index in [4.69, 9.17) is 33.7 Å². The Hall–Kier alpha value is -1.00. The average Bonchev–Trinajstić information content (AvgIpc) is 2.46. The number of hydrogen-bond acceptors (Lipinski definition) is 2. The fraction of sp³-hybridized carbons (Fsp3) is 0.250. The summed E-state index contributed by atoms with van der Waals surface area (Å²) < 4.78 is 19.8. The zero-order valence-electron chi connectivity index (χ0n) is 11.6. The van der Waals surface area contributed by atoms with Crippen molar-refractivity contribution in [2.45, 2.75) is 18.9 Å². The summed E-state index contributed by atoms with van der Waals surface area (Å²) in [6.45, 7) is 0.435. The summed E-state index contributed by atoms with van der Waals surface area (Å²) in [5, 5.41) is 1.00. The molecule has 1 aliphatic rings. The van der Waals surface area contributed by atoms with Gasteiger partial charge in [-0.3, -0.25) is 0 Å². The first-order chi connectivity index (χ1) is 10.1. The van der Waals surface area contributed by atoms with E-state index in [9.17, 15) is 4.39 Å². The number of halogens is 4. The third kappa shape index (κ3) is 3.33. The van der Waals surface area contributed by atoms with Crippen LogP contribution in [0.4, 0.5) is 4.39 Å². The van der Waals surface area contributed by atoms with Gasteiger partial charge in [-0.1, -0.05) is 29.3 Å². The van der Waals surface area contributed by atoms with Crippen LogP contribution in [0.15, 0.2) is 30.3 Å². The predicted molar refractivity (Wildman–Crippen MR) is 90.9 cm³/mol. The predicted octanol–water partition coefficient (Wildman–Crippen LogP) is 4.87. The van der Waals surface area contributed by atoms with E-state index in [1.54, 1.807) is 18.2 Å². The molecule has 0 saturated heterocycles. The highest BCUT2D eigenvalue weighted by atomic mass is 35.5. The van der Waals surface area contributed by atoms with E-state index in [0.717, 1.165) is 18.4 Å². The topological polar surface area (TPSA) is 35.2 Å². The van der Waals surface area contributed by atoms with Crippen molar-refractivity contribution < 1.29 is 9.13 Å². The van der Waals surface area contributed by atoms with Crippen molar-refractivity contribution in [2.24, 2.45) is 5.73 Å². The SMILES string of the molecule is Cl.NC[C@@H]1CCc2cc(F)cc(-c3ccc(Cl)cc3Cl)c2O1. The first-order valence-corrected chi connectivity index (χ1v) is 7.48. The molecule has 0 fully saturated rings. The van der Waals surface area contributed by atoms with Crippen LogP contribution in [0.25, 0.3) is 11.1 Å². The van der Waals surface area contributed by atoms with Crippen molar-refractivity contribution in [3.8, 4) is 16.9 Å². The van der Waals surface area contributed by atoms with E-state index >= 15 is 0 Å². The summed E-state index contributed by atoms with van der Waals surface area (Å²) in [6, 6.07) is 8.08. The molecule has 6 heteroatoms. The molecule has 0 amide bonds. The highest BCUT2D eigenvalue weighted by molar-refractivity contribution is 6.36. The van der Waals surface area contributed by atoms with Crippen molar-refractivity contribution in [1.29, 1.82) is 0 Å². The Morgan fingerprint density at radius 3 is 2.64 bits per heavy atom. The molecule has 2 aromatic carbocycles. The van der Waals surface area contributed by atoms with E-state index in [2.05, 4.69) is 0 Å². The molecule has 1 heterocycles. The molecule has 2 aromatic rings. The molecule has 0 saturated carbocycles. The molecule has 0 aliphatic carbocycles.